The fourth-order valence-electron chi connectivity index (χ4n) is 1.73. The Labute approximate surface area is 102 Å². The van der Waals surface area contributed by atoms with Gasteiger partial charge in [0, 0.05) is 12.4 Å². The molecule has 0 rings (SSSR count). The number of aliphatic carboxylic acids is 1. The first-order valence-electron chi connectivity index (χ1n) is 5.42. The Balaban J connectivity index is 5.24. The third kappa shape index (κ3) is 5.10. The van der Waals surface area contributed by atoms with Crippen molar-refractivity contribution in [2.75, 3.05) is 27.7 Å². The molecule has 0 fully saturated rings. The predicted molar refractivity (Wildman–Crippen MR) is 61.9 cm³/mol. The van der Waals surface area contributed by atoms with Gasteiger partial charge in [-0.1, -0.05) is 6.08 Å². The van der Waals surface area contributed by atoms with Crippen LogP contribution in [0.5, 0.6) is 0 Å². The summed E-state index contributed by atoms with van der Waals surface area (Å²) in [4.78, 5) is 22.7. The van der Waals surface area contributed by atoms with Crippen molar-refractivity contribution in [3.8, 4) is 0 Å². The highest BCUT2D eigenvalue weighted by Crippen LogP contribution is 2.19. The molecule has 0 radical (unpaired) electrons. The van der Waals surface area contributed by atoms with Gasteiger partial charge in [-0.05, 0) is 19.4 Å². The van der Waals surface area contributed by atoms with E-state index >= 15 is 0 Å². The Morgan fingerprint density at radius 1 is 1.35 bits per heavy atom. The lowest BCUT2D eigenvalue weighted by Gasteiger charge is -2.35. The normalized spacial score (nSPS) is 16.5. The number of carboxylic acid groups (broad SMARTS) is 1. The highest BCUT2D eigenvalue weighted by atomic mass is 16.4. The molecule has 98 valence electrons. The van der Waals surface area contributed by atoms with E-state index in [1.807, 2.05) is 0 Å². The highest BCUT2D eigenvalue weighted by Gasteiger charge is 2.41. The van der Waals surface area contributed by atoms with Crippen molar-refractivity contribution < 1.29 is 24.3 Å². The molecule has 5 nitrogen and oxygen atoms in total. The molecule has 0 aromatic rings. The Morgan fingerprint density at radius 3 is 2.12 bits per heavy atom. The van der Waals surface area contributed by atoms with Crippen molar-refractivity contribution in [1.82, 2.24) is 0 Å². The monoisotopic (exact) mass is 243 g/mol. The summed E-state index contributed by atoms with van der Waals surface area (Å²) >= 11 is 0. The van der Waals surface area contributed by atoms with Crippen LogP contribution in [0.3, 0.4) is 0 Å². The number of hydrogen-bond donors (Lipinski definition) is 1. The molecular weight excluding hydrogens is 222 g/mol. The number of hydrogen-bond acceptors (Lipinski definition) is 4. The largest absolute Gasteiger partial charge is 0.550 e. The summed E-state index contributed by atoms with van der Waals surface area (Å²) in [5.74, 6) is -1.99. The van der Waals surface area contributed by atoms with Crippen molar-refractivity contribution in [3.63, 3.8) is 0 Å². The first kappa shape index (κ1) is 15.8. The second kappa shape index (κ2) is 5.42. The van der Waals surface area contributed by atoms with Gasteiger partial charge in [0.05, 0.1) is 21.1 Å². The summed E-state index contributed by atoms with van der Waals surface area (Å²) < 4.78 is 0.284. The van der Waals surface area contributed by atoms with Gasteiger partial charge in [-0.25, -0.2) is 0 Å². The van der Waals surface area contributed by atoms with E-state index in [-0.39, 0.29) is 11.0 Å². The molecule has 0 aliphatic carbocycles. The summed E-state index contributed by atoms with van der Waals surface area (Å²) in [6, 6.07) is 0. The first-order chi connectivity index (χ1) is 7.52. The first-order valence-corrected chi connectivity index (χ1v) is 5.42. The van der Waals surface area contributed by atoms with E-state index in [1.54, 1.807) is 41.1 Å². The third-order valence-electron chi connectivity index (χ3n) is 2.39. The standard InChI is InChI=1S/C12H21NO4/c1-6-9(2)11(16)12(17,7-10(14)15)8-13(3,4)5/h6,17H,7-8H2,1-5H3/b9-6+. The molecule has 0 heterocycles. The maximum absolute atomic E-state index is 12.0. The Hall–Kier alpha value is -1.20. The minimum atomic E-state index is -1.91. The lowest BCUT2D eigenvalue weighted by Crippen LogP contribution is -2.56. The molecule has 0 aliphatic rings. The molecule has 1 atom stereocenters. The summed E-state index contributed by atoms with van der Waals surface area (Å²) in [6.07, 6.45) is 0.866. The van der Waals surface area contributed by atoms with Crippen LogP contribution in [-0.2, 0) is 9.59 Å². The maximum Gasteiger partial charge on any atom is 0.195 e. The van der Waals surface area contributed by atoms with Crippen LogP contribution in [0.15, 0.2) is 11.6 Å². The summed E-state index contributed by atoms with van der Waals surface area (Å²) in [6.45, 7) is 3.24. The molecular formula is C12H21NO4. The fourth-order valence-corrected chi connectivity index (χ4v) is 1.73. The topological polar surface area (TPSA) is 77.4 Å². The molecule has 0 bridgehead atoms. The number of ketones is 1. The van der Waals surface area contributed by atoms with E-state index in [4.69, 9.17) is 0 Å². The number of carbonyl (C=O) groups is 2. The van der Waals surface area contributed by atoms with E-state index in [9.17, 15) is 19.8 Å². The van der Waals surface area contributed by atoms with Gasteiger partial charge in [0.2, 0.25) is 0 Å². The van der Waals surface area contributed by atoms with Crippen molar-refractivity contribution >= 4 is 11.8 Å². The fraction of sp³-hybridized carbons (Fsp3) is 0.667. The quantitative estimate of drug-likeness (QED) is 0.484. The van der Waals surface area contributed by atoms with Gasteiger partial charge in [-0.15, -0.1) is 0 Å². The van der Waals surface area contributed by atoms with Crippen LogP contribution in [0.1, 0.15) is 20.3 Å². The van der Waals surface area contributed by atoms with Crippen LogP contribution in [0.2, 0.25) is 0 Å². The molecule has 0 spiro atoms. The molecule has 0 aliphatic heterocycles. The average molecular weight is 243 g/mol. The maximum atomic E-state index is 12.0. The summed E-state index contributed by atoms with van der Waals surface area (Å²) in [7, 11) is 5.33. The second-order valence-corrected chi connectivity index (χ2v) is 5.33. The van der Waals surface area contributed by atoms with Crippen LogP contribution in [0, 0.1) is 0 Å². The highest BCUT2D eigenvalue weighted by molar-refractivity contribution is 6.02. The molecule has 5 heteroatoms. The van der Waals surface area contributed by atoms with Crippen molar-refractivity contribution in [3.05, 3.63) is 11.6 Å². The molecule has 0 aromatic carbocycles. The van der Waals surface area contributed by atoms with Crippen LogP contribution in [0.25, 0.3) is 0 Å². The van der Waals surface area contributed by atoms with E-state index < -0.39 is 23.8 Å². The van der Waals surface area contributed by atoms with Gasteiger partial charge in [-0.2, -0.15) is 0 Å². The molecule has 0 saturated carbocycles. The number of nitrogens with zero attached hydrogens (tertiary/aromatic N) is 1. The lowest BCUT2D eigenvalue weighted by molar-refractivity contribution is -0.875. The number of carboxylic acids is 1. The second-order valence-electron chi connectivity index (χ2n) is 5.33. The SMILES string of the molecule is C/C=C(\C)C(=O)C(O)(CC(=O)[O-])C[N+](C)(C)C. The number of rotatable bonds is 6. The number of allylic oxidation sites excluding steroid dienone is 1. The number of carbonyl (C=O) groups excluding carboxylic acids is 2. The number of likely N-dealkylation sites (N-methyl/N-ethyl adjacent to an activating group) is 1. The van der Waals surface area contributed by atoms with Crippen LogP contribution in [-0.4, -0.2) is 54.6 Å². The Morgan fingerprint density at radius 2 is 1.82 bits per heavy atom. The molecule has 0 amide bonds. The Bertz CT molecular complexity index is 341. The van der Waals surface area contributed by atoms with E-state index in [2.05, 4.69) is 0 Å². The van der Waals surface area contributed by atoms with E-state index in [1.165, 1.54) is 0 Å². The molecule has 1 N–H and O–H groups in total. The van der Waals surface area contributed by atoms with E-state index in [0.29, 0.717) is 5.57 Å². The van der Waals surface area contributed by atoms with Crippen LogP contribution < -0.4 is 5.11 Å². The molecule has 1 unspecified atom stereocenters. The van der Waals surface area contributed by atoms with Gasteiger partial charge < -0.3 is 19.5 Å². The number of aliphatic hydroxyl groups is 1. The number of Topliss-reactive ketones (excluding diaryl/α,β-unsaturated/α-hetero) is 1. The average Bonchev–Trinajstić information content (AvgIpc) is 2.10. The predicted octanol–water partition coefficient (Wildman–Crippen LogP) is -0.901. The molecule has 17 heavy (non-hydrogen) atoms. The Kier molecular flexibility index (Phi) is 5.04. The zero-order valence-electron chi connectivity index (χ0n) is 11.1. The van der Waals surface area contributed by atoms with Gasteiger partial charge >= 0.3 is 0 Å². The zero-order chi connectivity index (χ0) is 13.9. The minimum absolute atomic E-state index is 0.0188. The summed E-state index contributed by atoms with van der Waals surface area (Å²) in [5, 5.41) is 20.9. The summed E-state index contributed by atoms with van der Waals surface area (Å²) in [5.41, 5.74) is -1.56. The molecule has 0 saturated heterocycles. The zero-order valence-corrected chi connectivity index (χ0v) is 11.1. The van der Waals surface area contributed by atoms with Crippen LogP contribution >= 0.6 is 0 Å². The molecule has 0 aromatic heterocycles. The van der Waals surface area contributed by atoms with Crippen molar-refractivity contribution in [2.45, 2.75) is 25.9 Å². The van der Waals surface area contributed by atoms with Gasteiger partial charge in [-0.3, -0.25) is 4.79 Å². The third-order valence-corrected chi connectivity index (χ3v) is 2.39. The van der Waals surface area contributed by atoms with Crippen LogP contribution in [0.4, 0.5) is 0 Å². The van der Waals surface area contributed by atoms with Gasteiger partial charge in [0.15, 0.2) is 11.4 Å². The van der Waals surface area contributed by atoms with Gasteiger partial charge in [0.25, 0.3) is 0 Å². The minimum Gasteiger partial charge on any atom is -0.550 e. The van der Waals surface area contributed by atoms with Crippen molar-refractivity contribution in [2.24, 2.45) is 0 Å². The van der Waals surface area contributed by atoms with Crippen molar-refractivity contribution in [1.29, 1.82) is 0 Å². The smallest absolute Gasteiger partial charge is 0.195 e. The number of quaternary nitrogens is 1. The van der Waals surface area contributed by atoms with Gasteiger partial charge in [0.1, 0.15) is 6.54 Å². The van der Waals surface area contributed by atoms with E-state index in [0.717, 1.165) is 0 Å². The lowest BCUT2D eigenvalue weighted by atomic mass is 9.89.